The summed E-state index contributed by atoms with van der Waals surface area (Å²) in [4.78, 5) is 28.3. The average Bonchev–Trinajstić information content (AvgIpc) is 3.30. The van der Waals surface area contributed by atoms with E-state index in [2.05, 4.69) is 26.2 Å². The van der Waals surface area contributed by atoms with Crippen LogP contribution in [0.25, 0.3) is 0 Å². The number of rotatable bonds is 7. The lowest BCUT2D eigenvalue weighted by molar-refractivity contribution is -0.146. The number of anilines is 1. The first kappa shape index (κ1) is 21.4. The Kier molecular flexibility index (Phi) is 7.20. The Hall–Kier alpha value is -1.34. The van der Waals surface area contributed by atoms with Gasteiger partial charge in [0.05, 0.1) is 16.4 Å². The number of aromatic nitrogens is 1. The SMILES string of the molecule is O=C(COC(=O)Cc1ccc(S(=O)(=O)N2CCCCC2)s1)Nc1ncc(Br)s1. The monoisotopic (exact) mass is 507 g/mol. The molecule has 3 rings (SSSR count). The minimum Gasteiger partial charge on any atom is -0.455 e. The third kappa shape index (κ3) is 5.60. The third-order valence-corrected chi connectivity index (χ3v) is 8.80. The molecule has 152 valence electrons. The zero-order valence-electron chi connectivity index (χ0n) is 14.7. The maximum absolute atomic E-state index is 12.6. The number of nitrogens with one attached hydrogen (secondary N) is 1. The largest absolute Gasteiger partial charge is 0.455 e. The lowest BCUT2D eigenvalue weighted by atomic mass is 10.2. The van der Waals surface area contributed by atoms with E-state index in [-0.39, 0.29) is 10.6 Å². The van der Waals surface area contributed by atoms with Crippen LogP contribution in [0.3, 0.4) is 0 Å². The van der Waals surface area contributed by atoms with Gasteiger partial charge in [-0.2, -0.15) is 4.31 Å². The van der Waals surface area contributed by atoms with Gasteiger partial charge < -0.3 is 4.74 Å². The van der Waals surface area contributed by atoms with Gasteiger partial charge in [0.25, 0.3) is 15.9 Å². The molecule has 0 atom stereocenters. The van der Waals surface area contributed by atoms with Crippen LogP contribution in [0.15, 0.2) is 26.3 Å². The average molecular weight is 508 g/mol. The molecule has 12 heteroatoms. The Bertz CT molecular complexity index is 950. The van der Waals surface area contributed by atoms with E-state index in [9.17, 15) is 18.0 Å². The molecule has 1 amide bonds. The number of nitrogens with zero attached hydrogens (tertiary/aromatic N) is 2. The van der Waals surface area contributed by atoms with E-state index in [0.717, 1.165) is 34.4 Å². The van der Waals surface area contributed by atoms with Crippen LogP contribution in [0, 0.1) is 0 Å². The summed E-state index contributed by atoms with van der Waals surface area (Å²) in [5.74, 6) is -1.09. The molecular formula is C16H18BrN3O5S3. The number of carbonyl (C=O) groups excluding carboxylic acids is 2. The van der Waals surface area contributed by atoms with Crippen LogP contribution in [-0.4, -0.2) is 49.3 Å². The van der Waals surface area contributed by atoms with E-state index in [0.29, 0.717) is 23.1 Å². The molecular weight excluding hydrogens is 490 g/mol. The number of hydrogen-bond donors (Lipinski definition) is 1. The van der Waals surface area contributed by atoms with Gasteiger partial charge in [-0.1, -0.05) is 17.8 Å². The maximum atomic E-state index is 12.6. The van der Waals surface area contributed by atoms with Crippen LogP contribution in [0.4, 0.5) is 5.13 Å². The molecule has 0 unspecified atom stereocenters. The maximum Gasteiger partial charge on any atom is 0.311 e. The van der Waals surface area contributed by atoms with E-state index in [1.165, 1.54) is 21.7 Å². The predicted octanol–water partition coefficient (Wildman–Crippen LogP) is 2.87. The van der Waals surface area contributed by atoms with Crippen LogP contribution < -0.4 is 5.32 Å². The zero-order valence-corrected chi connectivity index (χ0v) is 18.8. The first-order valence-corrected chi connectivity index (χ1v) is 12.4. The summed E-state index contributed by atoms with van der Waals surface area (Å²) in [6, 6.07) is 3.13. The second-order valence-electron chi connectivity index (χ2n) is 6.04. The fourth-order valence-electron chi connectivity index (χ4n) is 2.63. The highest BCUT2D eigenvalue weighted by molar-refractivity contribution is 9.11. The van der Waals surface area contributed by atoms with E-state index in [4.69, 9.17) is 4.74 Å². The summed E-state index contributed by atoms with van der Waals surface area (Å²) >= 11 is 5.54. The van der Waals surface area contributed by atoms with Gasteiger partial charge in [0.15, 0.2) is 11.7 Å². The molecule has 0 bridgehead atoms. The molecule has 1 saturated heterocycles. The molecule has 8 nitrogen and oxygen atoms in total. The van der Waals surface area contributed by atoms with Gasteiger partial charge in [-0.05, 0) is 40.9 Å². The minimum absolute atomic E-state index is 0.0870. The van der Waals surface area contributed by atoms with Crippen LogP contribution in [0.1, 0.15) is 24.1 Å². The highest BCUT2D eigenvalue weighted by Gasteiger charge is 2.27. The number of thiazole rings is 1. The number of sulfonamides is 1. The van der Waals surface area contributed by atoms with Crippen molar-refractivity contribution in [2.75, 3.05) is 25.0 Å². The van der Waals surface area contributed by atoms with Gasteiger partial charge in [-0.3, -0.25) is 14.9 Å². The van der Waals surface area contributed by atoms with Crippen molar-refractivity contribution in [1.82, 2.24) is 9.29 Å². The number of carbonyl (C=O) groups is 2. The second-order valence-corrected chi connectivity index (χ2v) is 11.8. The topological polar surface area (TPSA) is 106 Å². The Labute approximate surface area is 179 Å². The quantitative estimate of drug-likeness (QED) is 0.577. The summed E-state index contributed by atoms with van der Waals surface area (Å²) < 4.78 is 32.7. The van der Waals surface area contributed by atoms with Crippen LogP contribution in [0.5, 0.6) is 0 Å². The summed E-state index contributed by atoms with van der Waals surface area (Å²) in [7, 11) is -3.51. The molecule has 0 spiro atoms. The highest BCUT2D eigenvalue weighted by Crippen LogP contribution is 2.27. The zero-order chi connectivity index (χ0) is 20.1. The smallest absolute Gasteiger partial charge is 0.311 e. The van der Waals surface area contributed by atoms with Crippen molar-refractivity contribution < 1.29 is 22.7 Å². The van der Waals surface area contributed by atoms with E-state index >= 15 is 0 Å². The number of ether oxygens (including phenoxy) is 1. The van der Waals surface area contributed by atoms with Crippen molar-refractivity contribution in [1.29, 1.82) is 0 Å². The third-order valence-electron chi connectivity index (χ3n) is 3.95. The molecule has 0 aromatic carbocycles. The summed E-state index contributed by atoms with van der Waals surface area (Å²) in [5.41, 5.74) is 0. The lowest BCUT2D eigenvalue weighted by Gasteiger charge is -2.25. The molecule has 1 fully saturated rings. The molecule has 2 aromatic heterocycles. The Morgan fingerprint density at radius 1 is 1.21 bits per heavy atom. The molecule has 0 radical (unpaired) electrons. The molecule has 0 aliphatic carbocycles. The molecule has 1 N–H and O–H groups in total. The first-order chi connectivity index (χ1) is 13.3. The van der Waals surface area contributed by atoms with Crippen molar-refractivity contribution in [3.63, 3.8) is 0 Å². The van der Waals surface area contributed by atoms with Crippen molar-refractivity contribution >= 4 is 65.6 Å². The molecule has 2 aromatic rings. The van der Waals surface area contributed by atoms with Gasteiger partial charge in [0.2, 0.25) is 0 Å². The number of amides is 1. The fourth-order valence-corrected chi connectivity index (χ4v) is 6.77. The van der Waals surface area contributed by atoms with Gasteiger partial charge in [-0.25, -0.2) is 13.4 Å². The molecule has 1 aliphatic heterocycles. The number of thiophene rings is 1. The van der Waals surface area contributed by atoms with Gasteiger partial charge in [0.1, 0.15) is 4.21 Å². The van der Waals surface area contributed by atoms with Crippen LogP contribution in [0.2, 0.25) is 0 Å². The summed E-state index contributed by atoms with van der Waals surface area (Å²) in [5, 5.41) is 2.92. The van der Waals surface area contributed by atoms with E-state index in [1.54, 1.807) is 12.3 Å². The van der Waals surface area contributed by atoms with Crippen LogP contribution in [-0.2, 0) is 30.8 Å². The molecule has 28 heavy (non-hydrogen) atoms. The van der Waals surface area contributed by atoms with E-state index in [1.807, 2.05) is 0 Å². The molecule has 3 heterocycles. The Balaban J connectivity index is 1.50. The minimum atomic E-state index is -3.51. The lowest BCUT2D eigenvalue weighted by Crippen LogP contribution is -2.35. The van der Waals surface area contributed by atoms with E-state index < -0.39 is 28.5 Å². The predicted molar refractivity (Wildman–Crippen MR) is 110 cm³/mol. The van der Waals surface area contributed by atoms with Gasteiger partial charge in [-0.15, -0.1) is 11.3 Å². The Morgan fingerprint density at radius 2 is 1.96 bits per heavy atom. The van der Waals surface area contributed by atoms with Gasteiger partial charge in [0, 0.05) is 18.0 Å². The summed E-state index contributed by atoms with van der Waals surface area (Å²) in [6.07, 6.45) is 4.24. The van der Waals surface area contributed by atoms with Crippen LogP contribution >= 0.6 is 38.6 Å². The standard InChI is InChI=1S/C16H18BrN3O5S3/c17-12-9-18-16(27-12)19-13(21)10-25-14(22)8-11-4-5-15(26-11)28(23,24)20-6-2-1-3-7-20/h4-5,9H,1-3,6-8,10H2,(H,18,19,21). The van der Waals surface area contributed by atoms with Crippen molar-refractivity contribution in [2.24, 2.45) is 0 Å². The fraction of sp³-hybridized carbons (Fsp3) is 0.438. The highest BCUT2D eigenvalue weighted by atomic mass is 79.9. The second kappa shape index (κ2) is 9.44. The number of esters is 1. The number of halogens is 1. The van der Waals surface area contributed by atoms with Crippen molar-refractivity contribution in [2.45, 2.75) is 29.9 Å². The molecule has 0 saturated carbocycles. The first-order valence-electron chi connectivity index (χ1n) is 8.50. The Morgan fingerprint density at radius 3 is 2.64 bits per heavy atom. The van der Waals surface area contributed by atoms with Crippen molar-refractivity contribution in [3.8, 4) is 0 Å². The van der Waals surface area contributed by atoms with Gasteiger partial charge >= 0.3 is 5.97 Å². The summed E-state index contributed by atoms with van der Waals surface area (Å²) in [6.45, 7) is 0.630. The van der Waals surface area contributed by atoms with Crippen molar-refractivity contribution in [3.05, 3.63) is 27.0 Å². The number of piperidine rings is 1. The molecule has 1 aliphatic rings. The number of hydrogen-bond acceptors (Lipinski definition) is 8. The normalized spacial score (nSPS) is 15.3.